The van der Waals surface area contributed by atoms with E-state index in [1.807, 2.05) is 6.07 Å². The first-order valence-corrected chi connectivity index (χ1v) is 6.88. The summed E-state index contributed by atoms with van der Waals surface area (Å²) in [5, 5.41) is 3.40. The van der Waals surface area contributed by atoms with Crippen LogP contribution in [0.25, 0.3) is 0 Å². The van der Waals surface area contributed by atoms with Crippen LogP contribution in [0.2, 0.25) is 0 Å². The van der Waals surface area contributed by atoms with E-state index < -0.39 is 0 Å². The zero-order valence-electron chi connectivity index (χ0n) is 12.9. The van der Waals surface area contributed by atoms with Crippen molar-refractivity contribution < 1.29 is 9.47 Å². The fourth-order valence-electron chi connectivity index (χ4n) is 1.89. The van der Waals surface area contributed by atoms with Gasteiger partial charge in [0.25, 0.3) is 0 Å². The number of hydrogen-bond donors (Lipinski definition) is 1. The minimum absolute atomic E-state index is 0.163. The highest BCUT2D eigenvalue weighted by Crippen LogP contribution is 2.18. The Kier molecular flexibility index (Phi) is 6.32. The summed E-state index contributed by atoms with van der Waals surface area (Å²) in [7, 11) is 1.70. The number of nitrogens with one attached hydrogen (secondary N) is 1. The normalized spacial score (nSPS) is 11.6. The van der Waals surface area contributed by atoms with Crippen LogP contribution < -0.4 is 10.1 Å². The molecule has 3 heteroatoms. The summed E-state index contributed by atoms with van der Waals surface area (Å²) in [5.41, 5.74) is 2.63. The Hall–Kier alpha value is -1.06. The molecule has 0 unspecified atom stereocenters. The molecule has 0 saturated heterocycles. The predicted octanol–water partition coefficient (Wildman–Crippen LogP) is 2.95. The lowest BCUT2D eigenvalue weighted by Gasteiger charge is -2.20. The van der Waals surface area contributed by atoms with Crippen LogP contribution >= 0.6 is 0 Å². The van der Waals surface area contributed by atoms with Gasteiger partial charge in [0, 0.05) is 12.1 Å². The largest absolute Gasteiger partial charge is 0.496 e. The van der Waals surface area contributed by atoms with E-state index in [0.29, 0.717) is 0 Å². The van der Waals surface area contributed by atoms with E-state index in [1.165, 1.54) is 11.1 Å². The van der Waals surface area contributed by atoms with Crippen LogP contribution in [-0.2, 0) is 11.2 Å². The fourth-order valence-corrected chi connectivity index (χ4v) is 1.89. The summed E-state index contributed by atoms with van der Waals surface area (Å²) in [6.07, 6.45) is 0.945. The van der Waals surface area contributed by atoms with Crippen LogP contribution in [0.5, 0.6) is 5.75 Å². The third-order valence-electron chi connectivity index (χ3n) is 2.90. The molecular formula is C16H27NO2. The number of rotatable bonds is 7. The zero-order chi connectivity index (χ0) is 14.3. The molecule has 0 heterocycles. The molecule has 0 fully saturated rings. The molecule has 0 aliphatic rings. The van der Waals surface area contributed by atoms with Gasteiger partial charge >= 0.3 is 0 Å². The molecule has 0 radical (unpaired) electrons. The van der Waals surface area contributed by atoms with E-state index in [-0.39, 0.29) is 5.54 Å². The first-order valence-electron chi connectivity index (χ1n) is 6.88. The molecule has 0 spiro atoms. The first kappa shape index (κ1) is 16.0. The van der Waals surface area contributed by atoms with E-state index in [4.69, 9.17) is 9.47 Å². The van der Waals surface area contributed by atoms with Crippen LogP contribution in [-0.4, -0.2) is 32.4 Å². The standard InChI is InChI=1S/C16H27NO2/c1-13-12-14(6-7-15(13)18-5)8-10-19-11-9-17-16(2,3)4/h6-7,12,17H,8-11H2,1-5H3. The Morgan fingerprint density at radius 3 is 2.47 bits per heavy atom. The lowest BCUT2D eigenvalue weighted by atomic mass is 10.1. The number of ether oxygens (including phenoxy) is 2. The average Bonchev–Trinajstić information content (AvgIpc) is 2.32. The number of methoxy groups -OCH3 is 1. The van der Waals surface area contributed by atoms with Gasteiger partial charge in [0.1, 0.15) is 5.75 Å². The lowest BCUT2D eigenvalue weighted by Crippen LogP contribution is -2.38. The topological polar surface area (TPSA) is 30.5 Å². The Bertz CT molecular complexity index is 383. The van der Waals surface area contributed by atoms with Gasteiger partial charge in [-0.1, -0.05) is 12.1 Å². The van der Waals surface area contributed by atoms with Gasteiger partial charge in [-0.3, -0.25) is 0 Å². The van der Waals surface area contributed by atoms with E-state index in [2.05, 4.69) is 45.1 Å². The highest BCUT2D eigenvalue weighted by atomic mass is 16.5. The summed E-state index contributed by atoms with van der Waals surface area (Å²) in [4.78, 5) is 0. The van der Waals surface area contributed by atoms with E-state index >= 15 is 0 Å². The summed E-state index contributed by atoms with van der Waals surface area (Å²) in [6, 6.07) is 6.28. The van der Waals surface area contributed by atoms with Gasteiger partial charge in [0.05, 0.1) is 20.3 Å². The van der Waals surface area contributed by atoms with Gasteiger partial charge in [0.2, 0.25) is 0 Å². The smallest absolute Gasteiger partial charge is 0.121 e. The average molecular weight is 265 g/mol. The summed E-state index contributed by atoms with van der Waals surface area (Å²) in [6.45, 7) is 11.0. The lowest BCUT2D eigenvalue weighted by molar-refractivity contribution is 0.133. The van der Waals surface area contributed by atoms with E-state index in [9.17, 15) is 0 Å². The summed E-state index contributed by atoms with van der Waals surface area (Å²) in [5.74, 6) is 0.944. The Morgan fingerprint density at radius 1 is 1.16 bits per heavy atom. The SMILES string of the molecule is COc1ccc(CCOCCNC(C)(C)C)cc1C. The van der Waals surface area contributed by atoms with Crippen LogP contribution in [0, 0.1) is 6.92 Å². The second kappa shape index (κ2) is 7.51. The van der Waals surface area contributed by atoms with Crippen molar-refractivity contribution in [2.75, 3.05) is 26.9 Å². The molecule has 0 bridgehead atoms. The quantitative estimate of drug-likeness (QED) is 0.769. The second-order valence-corrected chi connectivity index (χ2v) is 5.84. The third kappa shape index (κ3) is 6.60. The van der Waals surface area contributed by atoms with Crippen LogP contribution in [0.15, 0.2) is 18.2 Å². The van der Waals surface area contributed by atoms with Crippen molar-refractivity contribution in [1.82, 2.24) is 5.32 Å². The van der Waals surface area contributed by atoms with E-state index in [1.54, 1.807) is 7.11 Å². The van der Waals surface area contributed by atoms with Crippen molar-refractivity contribution in [3.8, 4) is 5.75 Å². The molecule has 0 aromatic heterocycles. The van der Waals surface area contributed by atoms with Crippen LogP contribution in [0.4, 0.5) is 0 Å². The highest BCUT2D eigenvalue weighted by Gasteiger charge is 2.07. The van der Waals surface area contributed by atoms with E-state index in [0.717, 1.165) is 31.9 Å². The summed E-state index contributed by atoms with van der Waals surface area (Å²) >= 11 is 0. The molecule has 0 aliphatic carbocycles. The molecule has 1 aromatic rings. The molecular weight excluding hydrogens is 238 g/mol. The zero-order valence-corrected chi connectivity index (χ0v) is 12.9. The van der Waals surface area contributed by atoms with Gasteiger partial charge < -0.3 is 14.8 Å². The summed E-state index contributed by atoms with van der Waals surface area (Å²) < 4.78 is 10.9. The van der Waals surface area contributed by atoms with Crippen molar-refractivity contribution >= 4 is 0 Å². The molecule has 0 aliphatic heterocycles. The van der Waals surface area contributed by atoms with Crippen molar-refractivity contribution in [3.05, 3.63) is 29.3 Å². The molecule has 1 aromatic carbocycles. The third-order valence-corrected chi connectivity index (χ3v) is 2.90. The molecule has 19 heavy (non-hydrogen) atoms. The maximum absolute atomic E-state index is 5.64. The van der Waals surface area contributed by atoms with Crippen molar-refractivity contribution in [1.29, 1.82) is 0 Å². The van der Waals surface area contributed by atoms with Crippen LogP contribution in [0.1, 0.15) is 31.9 Å². The van der Waals surface area contributed by atoms with Gasteiger partial charge in [-0.2, -0.15) is 0 Å². The first-order chi connectivity index (χ1) is 8.92. The van der Waals surface area contributed by atoms with Crippen molar-refractivity contribution in [3.63, 3.8) is 0 Å². The Balaban J connectivity index is 2.21. The minimum atomic E-state index is 0.163. The Labute approximate surface area is 117 Å². The van der Waals surface area contributed by atoms with Gasteiger partial charge in [-0.25, -0.2) is 0 Å². The number of aryl methyl sites for hydroxylation is 1. The number of hydrogen-bond acceptors (Lipinski definition) is 3. The van der Waals surface area contributed by atoms with Crippen molar-refractivity contribution in [2.24, 2.45) is 0 Å². The number of benzene rings is 1. The maximum Gasteiger partial charge on any atom is 0.121 e. The monoisotopic (exact) mass is 265 g/mol. The van der Waals surface area contributed by atoms with Gasteiger partial charge in [0.15, 0.2) is 0 Å². The molecule has 0 atom stereocenters. The van der Waals surface area contributed by atoms with Crippen molar-refractivity contribution in [2.45, 2.75) is 39.7 Å². The predicted molar refractivity (Wildman–Crippen MR) is 80.0 cm³/mol. The molecule has 108 valence electrons. The molecule has 0 amide bonds. The fraction of sp³-hybridized carbons (Fsp3) is 0.625. The van der Waals surface area contributed by atoms with Crippen LogP contribution in [0.3, 0.4) is 0 Å². The second-order valence-electron chi connectivity index (χ2n) is 5.84. The molecule has 0 saturated carbocycles. The van der Waals surface area contributed by atoms with Gasteiger partial charge in [-0.05, 0) is 51.3 Å². The molecule has 1 rings (SSSR count). The molecule has 3 nitrogen and oxygen atoms in total. The molecule has 1 N–H and O–H groups in total. The maximum atomic E-state index is 5.64. The Morgan fingerprint density at radius 2 is 1.89 bits per heavy atom. The minimum Gasteiger partial charge on any atom is -0.496 e. The highest BCUT2D eigenvalue weighted by molar-refractivity contribution is 5.36. The van der Waals surface area contributed by atoms with Gasteiger partial charge in [-0.15, -0.1) is 0 Å².